The Hall–Kier alpha value is -3.49. The molecule has 5 N–H and O–H groups in total. The molecule has 0 spiro atoms. The minimum absolute atomic E-state index is 0.0958. The molecule has 0 saturated carbocycles. The normalized spacial score (nSPS) is 15.6. The highest BCUT2D eigenvalue weighted by molar-refractivity contribution is 7.89. The first kappa shape index (κ1) is 34.0. The van der Waals surface area contributed by atoms with Gasteiger partial charge in [-0.05, 0) is 91.6 Å². The van der Waals surface area contributed by atoms with E-state index >= 15 is 0 Å². The Balaban J connectivity index is 0.000000646. The van der Waals surface area contributed by atoms with Crippen LogP contribution in [-0.4, -0.2) is 65.8 Å². The second-order valence-corrected chi connectivity index (χ2v) is 12.7. The quantitative estimate of drug-likeness (QED) is 0.242. The molecule has 9 nitrogen and oxygen atoms in total. The number of fused-ring (bicyclic) bond motifs is 1. The monoisotopic (exact) mass is 628 g/mol. The molecular formula is C29H36F4N4O5S. The summed E-state index contributed by atoms with van der Waals surface area (Å²) in [7, 11) is -3.21. The molecule has 0 radical (unpaired) electrons. The topological polar surface area (TPSA) is 146 Å². The number of halogens is 4. The Morgan fingerprint density at radius 1 is 1.12 bits per heavy atom. The number of carboxylic acids is 1. The van der Waals surface area contributed by atoms with Gasteiger partial charge in [0.1, 0.15) is 5.82 Å². The predicted molar refractivity (Wildman–Crippen MR) is 156 cm³/mol. The van der Waals surface area contributed by atoms with Crippen molar-refractivity contribution in [1.82, 2.24) is 14.6 Å². The van der Waals surface area contributed by atoms with Gasteiger partial charge in [0, 0.05) is 37.3 Å². The van der Waals surface area contributed by atoms with Gasteiger partial charge in [-0.3, -0.25) is 4.79 Å². The first-order valence-electron chi connectivity index (χ1n) is 13.8. The summed E-state index contributed by atoms with van der Waals surface area (Å²) in [6.45, 7) is 7.31. The van der Waals surface area contributed by atoms with Gasteiger partial charge in [-0.15, -0.1) is 0 Å². The smallest absolute Gasteiger partial charge is 0.475 e. The van der Waals surface area contributed by atoms with Crippen LogP contribution in [0.25, 0.3) is 22.0 Å². The molecule has 3 aromatic rings. The number of alkyl halides is 3. The van der Waals surface area contributed by atoms with Crippen molar-refractivity contribution in [1.29, 1.82) is 0 Å². The second kappa shape index (κ2) is 13.9. The van der Waals surface area contributed by atoms with Crippen molar-refractivity contribution in [3.8, 4) is 11.1 Å². The van der Waals surface area contributed by atoms with Crippen LogP contribution < -0.4 is 11.1 Å². The van der Waals surface area contributed by atoms with Crippen molar-refractivity contribution in [2.45, 2.75) is 64.7 Å². The fourth-order valence-electron chi connectivity index (χ4n) is 4.93. The number of rotatable bonds is 9. The number of aliphatic carboxylic acids is 1. The third-order valence-corrected chi connectivity index (χ3v) is 9.42. The second-order valence-electron chi connectivity index (χ2n) is 10.5. The van der Waals surface area contributed by atoms with Gasteiger partial charge in [0.15, 0.2) is 0 Å². The summed E-state index contributed by atoms with van der Waals surface area (Å²) < 4.78 is 72.4. The molecule has 1 aliphatic rings. The van der Waals surface area contributed by atoms with Crippen LogP contribution in [0.3, 0.4) is 0 Å². The van der Waals surface area contributed by atoms with Crippen molar-refractivity contribution in [3.63, 3.8) is 0 Å². The minimum atomic E-state index is -5.08. The number of benzene rings is 2. The third kappa shape index (κ3) is 8.54. The van der Waals surface area contributed by atoms with Crippen LogP contribution in [0.5, 0.6) is 0 Å². The molecule has 2 aromatic carbocycles. The Bertz CT molecular complexity index is 1560. The zero-order chi connectivity index (χ0) is 32.1. The average molecular weight is 629 g/mol. The van der Waals surface area contributed by atoms with Gasteiger partial charge in [0.05, 0.1) is 16.8 Å². The first-order chi connectivity index (χ1) is 20.1. The number of sulfonamides is 1. The summed E-state index contributed by atoms with van der Waals surface area (Å²) in [5, 5.41) is 11.4. The average Bonchev–Trinajstić information content (AvgIpc) is 3.39. The molecule has 14 heteroatoms. The molecule has 4 rings (SSSR count). The van der Waals surface area contributed by atoms with Crippen molar-refractivity contribution in [2.75, 3.05) is 18.8 Å². The fourth-order valence-corrected chi connectivity index (χ4v) is 6.07. The summed E-state index contributed by atoms with van der Waals surface area (Å²) in [6.07, 6.45) is -0.843. The van der Waals surface area contributed by atoms with Crippen LogP contribution in [0.1, 0.15) is 67.4 Å². The van der Waals surface area contributed by atoms with Gasteiger partial charge in [-0.2, -0.15) is 13.2 Å². The van der Waals surface area contributed by atoms with Crippen LogP contribution >= 0.6 is 0 Å². The van der Waals surface area contributed by atoms with E-state index in [1.807, 2.05) is 18.3 Å². The largest absolute Gasteiger partial charge is 0.490 e. The molecule has 43 heavy (non-hydrogen) atoms. The number of primary amides is 1. The van der Waals surface area contributed by atoms with Crippen LogP contribution in [0, 0.1) is 5.82 Å². The lowest BCUT2D eigenvalue weighted by atomic mass is 9.88. The number of piperidine rings is 1. The van der Waals surface area contributed by atoms with E-state index in [-0.39, 0.29) is 17.5 Å². The maximum Gasteiger partial charge on any atom is 0.490 e. The zero-order valence-corrected chi connectivity index (χ0v) is 24.9. The maximum absolute atomic E-state index is 14.6. The van der Waals surface area contributed by atoms with E-state index in [1.54, 1.807) is 17.3 Å². The number of nitrogens with zero attached hydrogens (tertiary/aromatic N) is 1. The van der Waals surface area contributed by atoms with E-state index in [4.69, 9.17) is 15.6 Å². The number of carbonyl (C=O) groups excluding carboxylic acids is 1. The van der Waals surface area contributed by atoms with E-state index < -0.39 is 28.1 Å². The summed E-state index contributed by atoms with van der Waals surface area (Å²) in [5.74, 6) is -3.42. The van der Waals surface area contributed by atoms with E-state index in [9.17, 15) is 30.8 Å². The lowest BCUT2D eigenvalue weighted by Gasteiger charge is -2.31. The summed E-state index contributed by atoms with van der Waals surface area (Å²) in [6, 6.07) is 8.93. The van der Waals surface area contributed by atoms with Gasteiger partial charge < -0.3 is 21.1 Å². The summed E-state index contributed by atoms with van der Waals surface area (Å²) in [4.78, 5) is 24.5. The van der Waals surface area contributed by atoms with Crippen LogP contribution in [0.4, 0.5) is 17.6 Å². The number of hydrogen-bond acceptors (Lipinski definition) is 5. The van der Waals surface area contributed by atoms with E-state index in [1.165, 1.54) is 12.1 Å². The first-order valence-corrected chi connectivity index (χ1v) is 15.4. The Labute approximate surface area is 247 Å². The molecule has 1 unspecified atom stereocenters. The standard InChI is InChI=1S/C27H35FN4O3S.C2HF3O2/c1-4-17(3)30-15-18-10-20(12-22(28)11-18)21-13-23-25(16-31-26(23)24(14-21)27(29)33)19-6-8-32(9-7-19)36(34,35)5-2;3-2(4,5)1(6)7/h10-14,16-17,19,30-31H,4-9,15H2,1-3H3,(H2,29,33);(H,6,7). The molecule has 1 fully saturated rings. The lowest BCUT2D eigenvalue weighted by Crippen LogP contribution is -2.38. The van der Waals surface area contributed by atoms with Crippen LogP contribution in [0.15, 0.2) is 36.5 Å². The van der Waals surface area contributed by atoms with Crippen LogP contribution in [0.2, 0.25) is 0 Å². The van der Waals surface area contributed by atoms with Crippen molar-refractivity contribution in [2.24, 2.45) is 5.73 Å². The number of H-pyrrole nitrogens is 1. The Morgan fingerprint density at radius 3 is 2.26 bits per heavy atom. The lowest BCUT2D eigenvalue weighted by molar-refractivity contribution is -0.192. The van der Waals surface area contributed by atoms with Crippen molar-refractivity contribution < 1.29 is 40.7 Å². The number of aromatic nitrogens is 1. The van der Waals surface area contributed by atoms with Gasteiger partial charge >= 0.3 is 12.1 Å². The molecule has 2 heterocycles. The Kier molecular flexibility index (Phi) is 11.0. The number of carbonyl (C=O) groups is 2. The molecule has 0 aliphatic carbocycles. The number of hydrogen-bond donors (Lipinski definition) is 4. The number of aromatic amines is 1. The molecular weight excluding hydrogens is 592 g/mol. The molecule has 236 valence electrons. The number of carboxylic acid groups (broad SMARTS) is 1. The third-order valence-electron chi connectivity index (χ3n) is 7.54. The van der Waals surface area contributed by atoms with Crippen molar-refractivity contribution in [3.05, 3.63) is 59.0 Å². The highest BCUT2D eigenvalue weighted by Gasteiger charge is 2.38. The fraction of sp³-hybridized carbons (Fsp3) is 0.448. The Morgan fingerprint density at radius 2 is 1.72 bits per heavy atom. The molecule has 1 atom stereocenters. The molecule has 0 bridgehead atoms. The minimum Gasteiger partial charge on any atom is -0.475 e. The maximum atomic E-state index is 14.6. The number of amides is 1. The van der Waals surface area contributed by atoms with Gasteiger partial charge in [0.25, 0.3) is 5.91 Å². The molecule has 1 aromatic heterocycles. The summed E-state index contributed by atoms with van der Waals surface area (Å²) in [5.41, 5.74) is 9.98. The van der Waals surface area contributed by atoms with Gasteiger partial charge in [-0.1, -0.05) is 6.92 Å². The molecule has 1 amide bonds. The van der Waals surface area contributed by atoms with E-state index in [2.05, 4.69) is 24.1 Å². The highest BCUT2D eigenvalue weighted by Crippen LogP contribution is 2.37. The van der Waals surface area contributed by atoms with Crippen LogP contribution in [-0.2, 0) is 21.4 Å². The summed E-state index contributed by atoms with van der Waals surface area (Å²) >= 11 is 0. The van der Waals surface area contributed by atoms with Crippen molar-refractivity contribution >= 4 is 32.8 Å². The SMILES string of the molecule is CCC(C)NCc1cc(F)cc(-c2cc(C(N)=O)c3[nH]cc(C4CCN(S(=O)(=O)CC)CC4)c3c2)c1.O=C(O)C(F)(F)F. The van der Waals surface area contributed by atoms with Gasteiger partial charge in [-0.25, -0.2) is 21.9 Å². The predicted octanol–water partition coefficient (Wildman–Crippen LogP) is 5.12. The van der Waals surface area contributed by atoms with E-state index in [0.29, 0.717) is 60.7 Å². The zero-order valence-electron chi connectivity index (χ0n) is 24.1. The molecule has 1 saturated heterocycles. The highest BCUT2D eigenvalue weighted by atomic mass is 32.2. The van der Waals surface area contributed by atoms with Gasteiger partial charge in [0.2, 0.25) is 10.0 Å². The number of nitrogens with two attached hydrogens (primary N) is 1. The molecule has 1 aliphatic heterocycles. The number of nitrogens with one attached hydrogen (secondary N) is 2. The van der Waals surface area contributed by atoms with E-state index in [0.717, 1.165) is 22.9 Å².